The van der Waals surface area contributed by atoms with Crippen LogP contribution in [0.3, 0.4) is 0 Å². The van der Waals surface area contributed by atoms with Gasteiger partial charge in [-0.2, -0.15) is 0 Å². The zero-order valence-electron chi connectivity index (χ0n) is 16.9. The molecule has 0 fully saturated rings. The van der Waals surface area contributed by atoms with E-state index in [2.05, 4.69) is 15.3 Å². The molecule has 0 unspecified atom stereocenters. The summed E-state index contributed by atoms with van der Waals surface area (Å²) in [5, 5.41) is 3.42. The number of nitrogens with zero attached hydrogens (tertiary/aromatic N) is 3. The van der Waals surface area contributed by atoms with Gasteiger partial charge in [0.05, 0.1) is 35.3 Å². The van der Waals surface area contributed by atoms with Gasteiger partial charge in [0, 0.05) is 18.0 Å². The number of halogens is 1. The van der Waals surface area contributed by atoms with E-state index in [9.17, 15) is 9.59 Å². The maximum Gasteiger partial charge on any atom is 0.261 e. The van der Waals surface area contributed by atoms with Crippen molar-refractivity contribution in [1.29, 1.82) is 0 Å². The van der Waals surface area contributed by atoms with Gasteiger partial charge in [-0.15, -0.1) is 0 Å². The van der Waals surface area contributed by atoms with Gasteiger partial charge in [-0.05, 0) is 48.9 Å². The summed E-state index contributed by atoms with van der Waals surface area (Å²) < 4.78 is 6.77. The van der Waals surface area contributed by atoms with Crippen LogP contribution in [0.2, 0.25) is 5.02 Å². The second-order valence-electron chi connectivity index (χ2n) is 6.94. The van der Waals surface area contributed by atoms with E-state index in [1.807, 2.05) is 24.3 Å². The molecule has 2 heterocycles. The fourth-order valence-corrected chi connectivity index (χ4v) is 3.45. The van der Waals surface area contributed by atoms with Crippen molar-refractivity contribution in [3.63, 3.8) is 0 Å². The number of amides is 1. The number of hydrogen-bond donors (Lipinski definition) is 1. The minimum Gasteiger partial charge on any atom is -0.497 e. The third-order valence-electron chi connectivity index (χ3n) is 4.92. The van der Waals surface area contributed by atoms with E-state index < -0.39 is 0 Å². The number of pyridine rings is 1. The van der Waals surface area contributed by atoms with Crippen LogP contribution in [0.15, 0.2) is 65.7 Å². The zero-order chi connectivity index (χ0) is 22.0. The van der Waals surface area contributed by atoms with Crippen molar-refractivity contribution in [3.05, 3.63) is 93.3 Å². The van der Waals surface area contributed by atoms with Crippen molar-refractivity contribution in [2.45, 2.75) is 13.5 Å². The molecule has 2 aromatic heterocycles. The van der Waals surface area contributed by atoms with Crippen LogP contribution in [0.25, 0.3) is 10.9 Å². The largest absolute Gasteiger partial charge is 0.497 e. The van der Waals surface area contributed by atoms with Crippen LogP contribution in [-0.2, 0) is 6.54 Å². The van der Waals surface area contributed by atoms with Crippen LogP contribution in [0, 0.1) is 6.92 Å². The molecule has 0 saturated carbocycles. The van der Waals surface area contributed by atoms with Crippen molar-refractivity contribution < 1.29 is 9.53 Å². The first-order chi connectivity index (χ1) is 15.0. The Morgan fingerprint density at radius 3 is 2.52 bits per heavy atom. The molecule has 2 aromatic carbocycles. The number of methoxy groups -OCH3 is 1. The Bertz CT molecular complexity index is 1320. The average molecular weight is 435 g/mol. The number of rotatable bonds is 5. The predicted molar refractivity (Wildman–Crippen MR) is 120 cm³/mol. The standard InChI is InChI=1S/C23H19ClN4O3/c1-14-26-20-12-19(24)21(27-22(29)16-7-9-25-10-8-16)11-18(20)23(30)28(14)13-15-3-5-17(31-2)6-4-15/h3-12H,13H2,1-2H3,(H,27,29). The van der Waals surface area contributed by atoms with Crippen LogP contribution in [0.5, 0.6) is 5.75 Å². The smallest absolute Gasteiger partial charge is 0.261 e. The number of benzene rings is 2. The number of nitrogens with one attached hydrogen (secondary N) is 1. The minimum absolute atomic E-state index is 0.214. The van der Waals surface area contributed by atoms with Crippen LogP contribution in [0.4, 0.5) is 5.69 Å². The van der Waals surface area contributed by atoms with Crippen LogP contribution in [-0.4, -0.2) is 27.6 Å². The molecule has 0 aliphatic rings. The quantitative estimate of drug-likeness (QED) is 0.512. The van der Waals surface area contributed by atoms with Crippen LogP contribution >= 0.6 is 11.6 Å². The van der Waals surface area contributed by atoms with E-state index in [0.717, 1.165) is 11.3 Å². The van der Waals surface area contributed by atoms with E-state index in [0.29, 0.717) is 39.5 Å². The Morgan fingerprint density at radius 1 is 1.13 bits per heavy atom. The molecule has 0 aliphatic heterocycles. The van der Waals surface area contributed by atoms with Crippen molar-refractivity contribution >= 4 is 34.1 Å². The van der Waals surface area contributed by atoms with Crippen molar-refractivity contribution in [1.82, 2.24) is 14.5 Å². The normalized spacial score (nSPS) is 10.8. The molecular weight excluding hydrogens is 416 g/mol. The lowest BCUT2D eigenvalue weighted by atomic mass is 10.1. The molecule has 1 N–H and O–H groups in total. The molecule has 7 nitrogen and oxygen atoms in total. The molecule has 1 amide bonds. The molecule has 156 valence electrons. The van der Waals surface area contributed by atoms with Gasteiger partial charge in [-0.25, -0.2) is 4.98 Å². The Morgan fingerprint density at radius 2 is 1.84 bits per heavy atom. The molecule has 0 atom stereocenters. The number of carbonyl (C=O) groups excluding carboxylic acids is 1. The molecular formula is C23H19ClN4O3. The van der Waals surface area contributed by atoms with Crippen molar-refractivity contribution in [2.24, 2.45) is 0 Å². The molecule has 0 aliphatic carbocycles. The number of fused-ring (bicyclic) bond motifs is 1. The van der Waals surface area contributed by atoms with Gasteiger partial charge < -0.3 is 10.1 Å². The molecule has 8 heteroatoms. The summed E-state index contributed by atoms with van der Waals surface area (Å²) in [6, 6.07) is 13.8. The lowest BCUT2D eigenvalue weighted by Gasteiger charge is -2.13. The predicted octanol–water partition coefficient (Wildman–Crippen LogP) is 4.06. The van der Waals surface area contributed by atoms with E-state index in [1.165, 1.54) is 12.4 Å². The first kappa shape index (κ1) is 20.6. The topological polar surface area (TPSA) is 86.1 Å². The maximum atomic E-state index is 13.2. The Balaban J connectivity index is 1.72. The second kappa shape index (κ2) is 8.57. The number of aryl methyl sites for hydroxylation is 1. The molecule has 0 spiro atoms. The highest BCUT2D eigenvalue weighted by Crippen LogP contribution is 2.26. The maximum absolute atomic E-state index is 13.2. The first-order valence-corrected chi connectivity index (χ1v) is 9.89. The number of ether oxygens (including phenoxy) is 1. The molecule has 0 radical (unpaired) electrons. The monoisotopic (exact) mass is 434 g/mol. The summed E-state index contributed by atoms with van der Waals surface area (Å²) >= 11 is 6.35. The Hall–Kier alpha value is -3.71. The molecule has 4 rings (SSSR count). The summed E-state index contributed by atoms with van der Waals surface area (Å²) in [5.41, 5.74) is 1.97. The van der Waals surface area contributed by atoms with E-state index in [1.54, 1.807) is 42.9 Å². The van der Waals surface area contributed by atoms with Gasteiger partial charge in [-0.1, -0.05) is 23.7 Å². The van der Waals surface area contributed by atoms with Crippen LogP contribution < -0.4 is 15.6 Å². The third-order valence-corrected chi connectivity index (χ3v) is 5.24. The highest BCUT2D eigenvalue weighted by molar-refractivity contribution is 6.34. The summed E-state index contributed by atoms with van der Waals surface area (Å²) in [6.45, 7) is 2.14. The zero-order valence-corrected chi connectivity index (χ0v) is 17.7. The van der Waals surface area contributed by atoms with E-state index in [-0.39, 0.29) is 11.5 Å². The molecule has 31 heavy (non-hydrogen) atoms. The summed E-state index contributed by atoms with van der Waals surface area (Å²) in [4.78, 5) is 34.2. The second-order valence-corrected chi connectivity index (χ2v) is 7.34. The molecule has 4 aromatic rings. The van der Waals surface area contributed by atoms with E-state index >= 15 is 0 Å². The lowest BCUT2D eigenvalue weighted by Crippen LogP contribution is -2.24. The summed E-state index contributed by atoms with van der Waals surface area (Å²) in [6.07, 6.45) is 3.06. The van der Waals surface area contributed by atoms with Gasteiger partial charge in [0.2, 0.25) is 0 Å². The van der Waals surface area contributed by atoms with Gasteiger partial charge in [0.25, 0.3) is 11.5 Å². The Labute approximate surface area is 183 Å². The Kier molecular flexibility index (Phi) is 5.68. The van der Waals surface area contributed by atoms with Crippen molar-refractivity contribution in [3.8, 4) is 5.75 Å². The SMILES string of the molecule is COc1ccc(Cn2c(C)nc3cc(Cl)c(NC(=O)c4ccncc4)cc3c2=O)cc1. The number of anilines is 1. The first-order valence-electron chi connectivity index (χ1n) is 9.51. The fraction of sp³-hybridized carbons (Fsp3) is 0.130. The van der Waals surface area contributed by atoms with Crippen molar-refractivity contribution in [2.75, 3.05) is 12.4 Å². The van der Waals surface area contributed by atoms with Gasteiger partial charge in [0.15, 0.2) is 0 Å². The van der Waals surface area contributed by atoms with Gasteiger partial charge >= 0.3 is 0 Å². The minimum atomic E-state index is -0.345. The summed E-state index contributed by atoms with van der Waals surface area (Å²) in [5.74, 6) is 0.967. The third kappa shape index (κ3) is 4.27. The summed E-state index contributed by atoms with van der Waals surface area (Å²) in [7, 11) is 1.60. The highest BCUT2D eigenvalue weighted by Gasteiger charge is 2.14. The number of carbonyl (C=O) groups is 1. The van der Waals surface area contributed by atoms with Gasteiger partial charge in [0.1, 0.15) is 11.6 Å². The van der Waals surface area contributed by atoms with Gasteiger partial charge in [-0.3, -0.25) is 19.1 Å². The average Bonchev–Trinajstić information content (AvgIpc) is 2.78. The fourth-order valence-electron chi connectivity index (χ4n) is 3.25. The highest BCUT2D eigenvalue weighted by atomic mass is 35.5. The number of aromatic nitrogens is 3. The van der Waals surface area contributed by atoms with Crippen LogP contribution in [0.1, 0.15) is 21.7 Å². The van der Waals surface area contributed by atoms with E-state index in [4.69, 9.17) is 16.3 Å². The molecule has 0 bridgehead atoms. The molecule has 0 saturated heterocycles. The lowest BCUT2D eigenvalue weighted by molar-refractivity contribution is 0.102. The number of hydrogen-bond acceptors (Lipinski definition) is 5.